The molecule has 0 saturated carbocycles. The van der Waals surface area contributed by atoms with Gasteiger partial charge in [-0.05, 0) is 56.2 Å². The number of aliphatic hydroxyl groups is 1. The standard InChI is InChI=1S/C23H30N4O3/c1-26(16-23(29)27-10-3-2-4-11-27)22-15-21(25-19-7-5-6-18(19)22)20-14-17(8-9-24-20)30-13-12-28/h8-9,14-15,28H,2-7,10-13,16H2,1H3. The molecule has 1 fully saturated rings. The molecule has 1 saturated heterocycles. The van der Waals surface area contributed by atoms with Crippen LogP contribution in [-0.4, -0.2) is 65.8 Å². The quantitative estimate of drug-likeness (QED) is 0.755. The Kier molecular flexibility index (Phi) is 6.47. The Bertz CT molecular complexity index is 896. The van der Waals surface area contributed by atoms with E-state index in [0.717, 1.165) is 68.0 Å². The third-order valence-corrected chi connectivity index (χ3v) is 5.87. The lowest BCUT2D eigenvalue weighted by molar-refractivity contribution is -0.130. The van der Waals surface area contributed by atoms with E-state index in [1.165, 1.54) is 12.0 Å². The molecule has 4 rings (SSSR count). The largest absolute Gasteiger partial charge is 0.491 e. The van der Waals surface area contributed by atoms with Crippen LogP contribution in [0.25, 0.3) is 11.4 Å². The summed E-state index contributed by atoms with van der Waals surface area (Å²) in [5.41, 5.74) is 4.94. The van der Waals surface area contributed by atoms with Gasteiger partial charge >= 0.3 is 0 Å². The second-order valence-electron chi connectivity index (χ2n) is 8.05. The van der Waals surface area contributed by atoms with Gasteiger partial charge in [-0.1, -0.05) is 0 Å². The fourth-order valence-corrected chi connectivity index (χ4v) is 4.33. The van der Waals surface area contributed by atoms with Crippen molar-refractivity contribution in [1.82, 2.24) is 14.9 Å². The first-order valence-corrected chi connectivity index (χ1v) is 10.9. The van der Waals surface area contributed by atoms with Crippen LogP contribution in [0.4, 0.5) is 5.69 Å². The van der Waals surface area contributed by atoms with Gasteiger partial charge in [0.05, 0.1) is 24.5 Å². The van der Waals surface area contributed by atoms with Crippen LogP contribution in [0.3, 0.4) is 0 Å². The van der Waals surface area contributed by atoms with Crippen LogP contribution in [0.1, 0.15) is 36.9 Å². The first-order chi connectivity index (χ1) is 14.7. The van der Waals surface area contributed by atoms with Crippen molar-refractivity contribution in [3.05, 3.63) is 35.7 Å². The van der Waals surface area contributed by atoms with Crippen molar-refractivity contribution in [2.45, 2.75) is 38.5 Å². The van der Waals surface area contributed by atoms with Crippen molar-refractivity contribution in [3.63, 3.8) is 0 Å². The van der Waals surface area contributed by atoms with Crippen molar-refractivity contribution < 1.29 is 14.6 Å². The lowest BCUT2D eigenvalue weighted by atomic mass is 10.1. The summed E-state index contributed by atoms with van der Waals surface area (Å²) in [6.45, 7) is 2.33. The number of hydrogen-bond donors (Lipinski definition) is 1. The minimum atomic E-state index is -0.0330. The van der Waals surface area contributed by atoms with E-state index in [4.69, 9.17) is 14.8 Å². The van der Waals surface area contributed by atoms with Gasteiger partial charge in [0.25, 0.3) is 0 Å². The van der Waals surface area contributed by atoms with Crippen molar-refractivity contribution >= 4 is 11.6 Å². The van der Waals surface area contributed by atoms with E-state index in [9.17, 15) is 4.79 Å². The Balaban J connectivity index is 1.59. The molecule has 7 heteroatoms. The molecule has 0 unspecified atom stereocenters. The Morgan fingerprint density at radius 1 is 1.17 bits per heavy atom. The van der Waals surface area contributed by atoms with Crippen LogP contribution >= 0.6 is 0 Å². The lowest BCUT2D eigenvalue weighted by Crippen LogP contribution is -2.42. The van der Waals surface area contributed by atoms with Crippen LogP contribution in [0.15, 0.2) is 24.4 Å². The van der Waals surface area contributed by atoms with Gasteiger partial charge in [-0.3, -0.25) is 14.8 Å². The molecule has 160 valence electrons. The molecule has 0 atom stereocenters. The highest BCUT2D eigenvalue weighted by atomic mass is 16.5. The molecule has 0 radical (unpaired) electrons. The minimum Gasteiger partial charge on any atom is -0.491 e. The van der Waals surface area contributed by atoms with Crippen LogP contribution < -0.4 is 9.64 Å². The number of piperidine rings is 1. The summed E-state index contributed by atoms with van der Waals surface area (Å²) >= 11 is 0. The number of amides is 1. The molecule has 1 N–H and O–H groups in total. The predicted molar refractivity (Wildman–Crippen MR) is 116 cm³/mol. The maximum absolute atomic E-state index is 12.8. The average molecular weight is 411 g/mol. The highest BCUT2D eigenvalue weighted by Gasteiger charge is 2.24. The van der Waals surface area contributed by atoms with Gasteiger partial charge in [0.1, 0.15) is 12.4 Å². The fraction of sp³-hybridized carbons (Fsp3) is 0.522. The molecule has 7 nitrogen and oxygen atoms in total. The Hall–Kier alpha value is -2.67. The number of aryl methyl sites for hydroxylation is 1. The number of likely N-dealkylation sites (tertiary alicyclic amines) is 1. The van der Waals surface area contributed by atoms with Gasteiger partial charge in [0.2, 0.25) is 5.91 Å². The van der Waals surface area contributed by atoms with Gasteiger partial charge in [0.15, 0.2) is 0 Å². The number of ether oxygens (including phenoxy) is 1. The average Bonchev–Trinajstić information content (AvgIpc) is 3.26. The summed E-state index contributed by atoms with van der Waals surface area (Å²) in [5.74, 6) is 0.853. The number of aromatic nitrogens is 2. The maximum atomic E-state index is 12.8. The first-order valence-electron chi connectivity index (χ1n) is 10.9. The smallest absolute Gasteiger partial charge is 0.242 e. The zero-order chi connectivity index (χ0) is 20.9. The van der Waals surface area contributed by atoms with Gasteiger partial charge in [-0.2, -0.15) is 0 Å². The highest BCUT2D eigenvalue weighted by Crippen LogP contribution is 2.34. The van der Waals surface area contributed by atoms with Crippen LogP contribution in [0, 0.1) is 0 Å². The van der Waals surface area contributed by atoms with Gasteiger partial charge in [0, 0.05) is 43.8 Å². The van der Waals surface area contributed by atoms with E-state index >= 15 is 0 Å². The second-order valence-corrected chi connectivity index (χ2v) is 8.05. The Morgan fingerprint density at radius 3 is 2.80 bits per heavy atom. The number of aliphatic hydroxyl groups excluding tert-OH is 1. The van der Waals surface area contributed by atoms with Crippen molar-refractivity contribution in [2.24, 2.45) is 0 Å². The van der Waals surface area contributed by atoms with Gasteiger partial charge in [-0.25, -0.2) is 0 Å². The maximum Gasteiger partial charge on any atom is 0.242 e. The van der Waals surface area contributed by atoms with Crippen molar-refractivity contribution in [3.8, 4) is 17.1 Å². The summed E-state index contributed by atoms with van der Waals surface area (Å²) < 4.78 is 5.53. The molecular formula is C23H30N4O3. The van der Waals surface area contributed by atoms with E-state index < -0.39 is 0 Å². The zero-order valence-electron chi connectivity index (χ0n) is 17.6. The number of carbonyl (C=O) groups excluding carboxylic acids is 1. The number of nitrogens with zero attached hydrogens (tertiary/aromatic N) is 4. The molecule has 2 aliphatic rings. The normalized spacial score (nSPS) is 15.7. The molecule has 0 spiro atoms. The van der Waals surface area contributed by atoms with Crippen LogP contribution in [0.5, 0.6) is 5.75 Å². The number of carbonyl (C=O) groups is 1. The summed E-state index contributed by atoms with van der Waals surface area (Å²) in [4.78, 5) is 26.2. The molecule has 1 amide bonds. The second kappa shape index (κ2) is 9.43. The van der Waals surface area contributed by atoms with E-state index in [-0.39, 0.29) is 19.1 Å². The zero-order valence-corrected chi connectivity index (χ0v) is 17.6. The highest BCUT2D eigenvalue weighted by molar-refractivity contribution is 5.82. The molecule has 1 aliphatic heterocycles. The number of anilines is 1. The molecule has 30 heavy (non-hydrogen) atoms. The number of rotatable bonds is 7. The predicted octanol–water partition coefficient (Wildman–Crippen LogP) is 2.45. The van der Waals surface area contributed by atoms with Gasteiger partial charge < -0.3 is 19.6 Å². The monoisotopic (exact) mass is 410 g/mol. The van der Waals surface area contributed by atoms with E-state index in [2.05, 4.69) is 9.88 Å². The van der Waals surface area contributed by atoms with Gasteiger partial charge in [-0.15, -0.1) is 0 Å². The Morgan fingerprint density at radius 2 is 2.00 bits per heavy atom. The first kappa shape index (κ1) is 20.6. The summed E-state index contributed by atoms with van der Waals surface area (Å²) in [6, 6.07) is 5.67. The number of likely N-dealkylation sites (N-methyl/N-ethyl adjacent to an activating group) is 1. The SMILES string of the molecule is CN(CC(=O)N1CCCCC1)c1cc(-c2cc(OCCO)ccn2)nc2c1CCC2. The molecule has 3 heterocycles. The third kappa shape index (κ3) is 4.56. The van der Waals surface area contributed by atoms with E-state index in [1.54, 1.807) is 12.3 Å². The summed E-state index contributed by atoms with van der Waals surface area (Å²) in [5, 5.41) is 8.99. The number of fused-ring (bicyclic) bond motifs is 1. The number of pyridine rings is 2. The summed E-state index contributed by atoms with van der Waals surface area (Å²) in [7, 11) is 1.99. The van der Waals surface area contributed by atoms with Crippen LogP contribution in [0.2, 0.25) is 0 Å². The third-order valence-electron chi connectivity index (χ3n) is 5.87. The lowest BCUT2D eigenvalue weighted by Gasteiger charge is -2.30. The van der Waals surface area contributed by atoms with Crippen molar-refractivity contribution in [2.75, 3.05) is 44.8 Å². The minimum absolute atomic E-state index is 0.0330. The van der Waals surface area contributed by atoms with Crippen molar-refractivity contribution in [1.29, 1.82) is 0 Å². The molecule has 2 aromatic rings. The fourth-order valence-electron chi connectivity index (χ4n) is 4.33. The molecule has 2 aromatic heterocycles. The topological polar surface area (TPSA) is 78.8 Å². The summed E-state index contributed by atoms with van der Waals surface area (Å²) in [6.07, 6.45) is 8.14. The van der Waals surface area contributed by atoms with E-state index in [0.29, 0.717) is 12.3 Å². The number of hydrogen-bond acceptors (Lipinski definition) is 6. The van der Waals surface area contributed by atoms with E-state index in [1.807, 2.05) is 24.1 Å². The molecule has 1 aliphatic carbocycles. The molecule has 0 bridgehead atoms. The van der Waals surface area contributed by atoms with Crippen LogP contribution in [-0.2, 0) is 17.6 Å². The Labute approximate surface area is 177 Å². The molecule has 0 aromatic carbocycles. The molecular weight excluding hydrogens is 380 g/mol.